The molecule has 1 aliphatic rings. The Bertz CT molecular complexity index is 470. The third kappa shape index (κ3) is 4.13. The predicted molar refractivity (Wildman–Crippen MR) is 80.9 cm³/mol. The summed E-state index contributed by atoms with van der Waals surface area (Å²) in [6.45, 7) is 3.79. The van der Waals surface area contributed by atoms with E-state index in [0.29, 0.717) is 30.6 Å². The number of ether oxygens (including phenoxy) is 1. The van der Waals surface area contributed by atoms with E-state index in [9.17, 15) is 13.2 Å². The first kappa shape index (κ1) is 16.6. The molecular weight excluding hydrogens is 347 g/mol. The molecule has 6 heteroatoms. The van der Waals surface area contributed by atoms with Crippen LogP contribution in [0.25, 0.3) is 0 Å². The van der Waals surface area contributed by atoms with Crippen molar-refractivity contribution in [2.45, 2.75) is 37.4 Å². The first-order chi connectivity index (χ1) is 9.95. The van der Waals surface area contributed by atoms with Crippen LogP contribution in [0, 0.1) is 0 Å². The second-order valence-corrected chi connectivity index (χ2v) is 5.69. The molecule has 1 aromatic rings. The lowest BCUT2D eigenvalue weighted by atomic mass is 10.0. The summed E-state index contributed by atoms with van der Waals surface area (Å²) in [5.74, 6) is 0. The summed E-state index contributed by atoms with van der Waals surface area (Å²) in [5, 5.41) is 0.419. The molecule has 0 saturated carbocycles. The lowest BCUT2D eigenvalue weighted by molar-refractivity contribution is -0.137. The molecule has 1 aromatic carbocycles. The van der Waals surface area contributed by atoms with Crippen molar-refractivity contribution in [3.63, 3.8) is 0 Å². The molecule has 21 heavy (non-hydrogen) atoms. The zero-order chi connectivity index (χ0) is 15.5. The minimum Gasteiger partial charge on any atom is -0.378 e. The maximum atomic E-state index is 13.3. The lowest BCUT2D eigenvalue weighted by Gasteiger charge is -2.35. The molecule has 118 valence electrons. The summed E-state index contributed by atoms with van der Waals surface area (Å²) in [6, 6.07) is 4.56. The summed E-state index contributed by atoms with van der Waals surface area (Å²) in [7, 11) is 0. The zero-order valence-electron chi connectivity index (χ0n) is 11.9. The van der Waals surface area contributed by atoms with E-state index in [1.165, 1.54) is 6.07 Å². The SMILES string of the molecule is CCOC1CCN(c2ccc(CBr)cc2C(F)(F)F)CC1. The lowest BCUT2D eigenvalue weighted by Crippen LogP contribution is -2.38. The molecule has 1 aliphatic heterocycles. The van der Waals surface area contributed by atoms with Crippen LogP contribution in [-0.4, -0.2) is 25.8 Å². The molecule has 1 saturated heterocycles. The third-order valence-electron chi connectivity index (χ3n) is 3.71. The van der Waals surface area contributed by atoms with Crippen molar-refractivity contribution in [2.24, 2.45) is 0 Å². The summed E-state index contributed by atoms with van der Waals surface area (Å²) < 4.78 is 45.3. The number of hydrogen-bond acceptors (Lipinski definition) is 2. The van der Waals surface area contributed by atoms with Gasteiger partial charge in [0.25, 0.3) is 0 Å². The molecule has 0 N–H and O–H groups in total. The van der Waals surface area contributed by atoms with E-state index in [1.54, 1.807) is 12.1 Å². The normalized spacial score (nSPS) is 17.3. The highest BCUT2D eigenvalue weighted by atomic mass is 79.9. The van der Waals surface area contributed by atoms with Gasteiger partial charge in [-0.2, -0.15) is 13.2 Å². The van der Waals surface area contributed by atoms with Gasteiger partial charge in [0.1, 0.15) is 0 Å². The molecule has 0 aromatic heterocycles. The van der Waals surface area contributed by atoms with Crippen molar-refractivity contribution < 1.29 is 17.9 Å². The number of hydrogen-bond donors (Lipinski definition) is 0. The minimum absolute atomic E-state index is 0.169. The number of alkyl halides is 4. The Morgan fingerprint density at radius 1 is 1.29 bits per heavy atom. The van der Waals surface area contributed by atoms with E-state index in [4.69, 9.17) is 4.74 Å². The Morgan fingerprint density at radius 2 is 1.95 bits per heavy atom. The van der Waals surface area contributed by atoms with Crippen LogP contribution in [0.4, 0.5) is 18.9 Å². The number of benzene rings is 1. The molecule has 1 fully saturated rings. The standard InChI is InChI=1S/C15H19BrF3NO/c1-2-21-12-5-7-20(8-6-12)14-4-3-11(10-16)9-13(14)15(17,18)19/h3-4,9,12H,2,5-8,10H2,1H3. The van der Waals surface area contributed by atoms with Gasteiger partial charge in [-0.15, -0.1) is 0 Å². The van der Waals surface area contributed by atoms with Crippen LogP contribution in [-0.2, 0) is 16.2 Å². The average molecular weight is 366 g/mol. The quantitative estimate of drug-likeness (QED) is 0.722. The molecule has 0 aliphatic carbocycles. The maximum absolute atomic E-state index is 13.3. The largest absolute Gasteiger partial charge is 0.418 e. The zero-order valence-corrected chi connectivity index (χ0v) is 13.5. The van der Waals surface area contributed by atoms with Gasteiger partial charge in [-0.05, 0) is 37.5 Å². The highest BCUT2D eigenvalue weighted by Crippen LogP contribution is 2.38. The van der Waals surface area contributed by atoms with Crippen LogP contribution in [0.15, 0.2) is 18.2 Å². The van der Waals surface area contributed by atoms with Crippen molar-refractivity contribution in [3.8, 4) is 0 Å². The van der Waals surface area contributed by atoms with Gasteiger partial charge < -0.3 is 9.64 Å². The van der Waals surface area contributed by atoms with E-state index in [1.807, 2.05) is 11.8 Å². The summed E-state index contributed by atoms with van der Waals surface area (Å²) in [4.78, 5) is 1.82. The fourth-order valence-corrected chi connectivity index (χ4v) is 3.02. The van der Waals surface area contributed by atoms with Gasteiger partial charge in [0, 0.05) is 30.7 Å². The Morgan fingerprint density at radius 3 is 2.48 bits per heavy atom. The first-order valence-electron chi connectivity index (χ1n) is 7.08. The second kappa shape index (κ2) is 7.01. The predicted octanol–water partition coefficient (Wildman–Crippen LogP) is 4.61. The van der Waals surface area contributed by atoms with Crippen LogP contribution >= 0.6 is 15.9 Å². The highest BCUT2D eigenvalue weighted by Gasteiger charge is 2.35. The Balaban J connectivity index is 2.20. The Labute approximate surface area is 131 Å². The van der Waals surface area contributed by atoms with Gasteiger partial charge in [0.2, 0.25) is 0 Å². The second-order valence-electron chi connectivity index (χ2n) is 5.12. The van der Waals surface area contributed by atoms with Crippen molar-refractivity contribution >= 4 is 21.6 Å². The van der Waals surface area contributed by atoms with Crippen LogP contribution in [0.1, 0.15) is 30.9 Å². The van der Waals surface area contributed by atoms with Crippen molar-refractivity contribution in [1.29, 1.82) is 0 Å². The number of nitrogens with zero attached hydrogens (tertiary/aromatic N) is 1. The van der Waals surface area contributed by atoms with Gasteiger partial charge in [-0.3, -0.25) is 0 Å². The van der Waals surface area contributed by atoms with Crippen LogP contribution in [0.3, 0.4) is 0 Å². The molecule has 0 bridgehead atoms. The summed E-state index contributed by atoms with van der Waals surface area (Å²) in [5.41, 5.74) is 0.367. The fraction of sp³-hybridized carbons (Fsp3) is 0.600. The summed E-state index contributed by atoms with van der Waals surface area (Å²) in [6.07, 6.45) is -2.62. The molecule has 0 spiro atoms. The van der Waals surface area contributed by atoms with E-state index in [-0.39, 0.29) is 11.8 Å². The van der Waals surface area contributed by atoms with Gasteiger partial charge in [-0.25, -0.2) is 0 Å². The monoisotopic (exact) mass is 365 g/mol. The smallest absolute Gasteiger partial charge is 0.378 e. The number of piperidine rings is 1. The third-order valence-corrected chi connectivity index (χ3v) is 4.35. The van der Waals surface area contributed by atoms with E-state index in [0.717, 1.165) is 12.8 Å². The van der Waals surface area contributed by atoms with Crippen molar-refractivity contribution in [2.75, 3.05) is 24.6 Å². The van der Waals surface area contributed by atoms with E-state index < -0.39 is 11.7 Å². The van der Waals surface area contributed by atoms with Crippen molar-refractivity contribution in [3.05, 3.63) is 29.3 Å². The minimum atomic E-state index is -4.33. The van der Waals surface area contributed by atoms with Crippen LogP contribution < -0.4 is 4.90 Å². The number of halogens is 4. The van der Waals surface area contributed by atoms with E-state index in [2.05, 4.69) is 15.9 Å². The van der Waals surface area contributed by atoms with Gasteiger partial charge >= 0.3 is 6.18 Å². The highest BCUT2D eigenvalue weighted by molar-refractivity contribution is 9.08. The Kier molecular flexibility index (Phi) is 5.54. The fourth-order valence-electron chi connectivity index (χ4n) is 2.67. The molecule has 2 nitrogen and oxygen atoms in total. The summed E-state index contributed by atoms with van der Waals surface area (Å²) >= 11 is 3.21. The van der Waals surface area contributed by atoms with Gasteiger partial charge in [0.15, 0.2) is 0 Å². The Hall–Kier alpha value is -0.750. The average Bonchev–Trinajstić information content (AvgIpc) is 2.47. The van der Waals surface area contributed by atoms with Crippen LogP contribution in [0.5, 0.6) is 0 Å². The molecule has 1 heterocycles. The molecule has 0 unspecified atom stereocenters. The topological polar surface area (TPSA) is 12.5 Å². The molecule has 0 atom stereocenters. The maximum Gasteiger partial charge on any atom is 0.418 e. The van der Waals surface area contributed by atoms with E-state index >= 15 is 0 Å². The molecular formula is C15H19BrF3NO. The van der Waals surface area contributed by atoms with Gasteiger partial charge in [-0.1, -0.05) is 22.0 Å². The molecule has 2 rings (SSSR count). The molecule has 0 radical (unpaired) electrons. The van der Waals surface area contributed by atoms with Gasteiger partial charge in [0.05, 0.1) is 11.7 Å². The molecule has 0 amide bonds. The number of anilines is 1. The van der Waals surface area contributed by atoms with Crippen LogP contribution in [0.2, 0.25) is 0 Å². The van der Waals surface area contributed by atoms with Crippen molar-refractivity contribution in [1.82, 2.24) is 0 Å². The first-order valence-corrected chi connectivity index (χ1v) is 8.20. The number of rotatable bonds is 4.